The number of aryl methyl sites for hydroxylation is 1. The maximum Gasteiger partial charge on any atom is 0.418 e. The molecule has 2 N–H and O–H groups in total. The van der Waals surface area contributed by atoms with E-state index in [1.165, 1.54) is 19.2 Å². The van der Waals surface area contributed by atoms with Gasteiger partial charge in [-0.1, -0.05) is 32.0 Å². The summed E-state index contributed by atoms with van der Waals surface area (Å²) in [6, 6.07) is 10.5. The molecule has 10 heteroatoms. The summed E-state index contributed by atoms with van der Waals surface area (Å²) >= 11 is 0. The minimum Gasteiger partial charge on any atom is -0.427 e. The van der Waals surface area contributed by atoms with Crippen LogP contribution in [-0.2, 0) is 26.3 Å². The van der Waals surface area contributed by atoms with Gasteiger partial charge in [0.2, 0.25) is 11.5 Å². The summed E-state index contributed by atoms with van der Waals surface area (Å²) in [4.78, 5) is 54.6. The minimum absolute atomic E-state index is 0.0707. The van der Waals surface area contributed by atoms with Crippen LogP contribution < -0.4 is 10.6 Å². The number of halogens is 1. The second-order valence-electron chi connectivity index (χ2n) is 10.4. The monoisotopic (exact) mass is 522 g/mol. The zero-order valence-corrected chi connectivity index (χ0v) is 21.6. The average Bonchev–Trinajstić information content (AvgIpc) is 3.56. The van der Waals surface area contributed by atoms with Gasteiger partial charge in [-0.05, 0) is 60.6 Å². The fourth-order valence-electron chi connectivity index (χ4n) is 6.00. The Morgan fingerprint density at radius 1 is 1.13 bits per heavy atom. The number of benzene rings is 2. The largest absolute Gasteiger partial charge is 0.427 e. The maximum atomic E-state index is 13.7. The molecule has 2 aliphatic heterocycles. The molecule has 9 nitrogen and oxygen atoms in total. The molecule has 2 aromatic carbocycles. The van der Waals surface area contributed by atoms with Gasteiger partial charge >= 0.3 is 12.1 Å². The maximum absolute atomic E-state index is 13.7. The van der Waals surface area contributed by atoms with Gasteiger partial charge in [0.25, 0.3) is 5.91 Å². The van der Waals surface area contributed by atoms with E-state index in [4.69, 9.17) is 4.74 Å². The number of nitrogens with zero attached hydrogens (tertiary/aromatic N) is 2. The number of anilines is 1. The van der Waals surface area contributed by atoms with Crippen LogP contribution in [0.5, 0.6) is 0 Å². The van der Waals surface area contributed by atoms with Gasteiger partial charge in [-0.15, -0.1) is 0 Å². The summed E-state index contributed by atoms with van der Waals surface area (Å²) in [7, 11) is 1.51. The lowest BCUT2D eigenvalue weighted by Gasteiger charge is -2.33. The van der Waals surface area contributed by atoms with Gasteiger partial charge in [0.1, 0.15) is 12.4 Å². The van der Waals surface area contributed by atoms with Gasteiger partial charge in [-0.3, -0.25) is 9.59 Å². The number of nitrogens with one attached hydrogen (secondary N) is 2. The first kappa shape index (κ1) is 25.7. The van der Waals surface area contributed by atoms with Crippen molar-refractivity contribution in [2.24, 2.45) is 5.92 Å². The van der Waals surface area contributed by atoms with Crippen LogP contribution in [0.15, 0.2) is 42.5 Å². The van der Waals surface area contributed by atoms with E-state index in [-0.39, 0.29) is 42.2 Å². The number of rotatable bonds is 5. The van der Waals surface area contributed by atoms with Crippen molar-refractivity contribution >= 4 is 29.6 Å². The quantitative estimate of drug-likeness (QED) is 0.615. The second kappa shape index (κ2) is 9.74. The molecule has 0 unspecified atom stereocenters. The van der Waals surface area contributed by atoms with E-state index < -0.39 is 24.1 Å². The van der Waals surface area contributed by atoms with E-state index in [0.29, 0.717) is 24.1 Å². The van der Waals surface area contributed by atoms with Crippen LogP contribution in [0.3, 0.4) is 0 Å². The highest BCUT2D eigenvalue weighted by Crippen LogP contribution is 2.46. The van der Waals surface area contributed by atoms with Gasteiger partial charge in [0, 0.05) is 30.8 Å². The molecule has 0 radical (unpaired) electrons. The van der Waals surface area contributed by atoms with Crippen molar-refractivity contribution in [1.29, 1.82) is 0 Å². The van der Waals surface area contributed by atoms with Gasteiger partial charge in [-0.25, -0.2) is 18.9 Å². The molecular formula is C28H31FN4O5. The summed E-state index contributed by atoms with van der Waals surface area (Å²) in [5.41, 5.74) is 1.27. The molecule has 1 spiro atoms. The van der Waals surface area contributed by atoms with Crippen molar-refractivity contribution in [2.45, 2.75) is 57.2 Å². The highest BCUT2D eigenvalue weighted by molar-refractivity contribution is 6.06. The Morgan fingerprint density at radius 3 is 2.55 bits per heavy atom. The Morgan fingerprint density at radius 2 is 1.87 bits per heavy atom. The molecule has 200 valence electrons. The Bertz CT molecular complexity index is 1300. The number of hydrogen-bond acceptors (Lipinski definition) is 5. The third-order valence-electron chi connectivity index (χ3n) is 7.88. The number of amides is 5. The van der Waals surface area contributed by atoms with Crippen molar-refractivity contribution in [3.63, 3.8) is 0 Å². The number of hydrogen-bond donors (Lipinski definition) is 2. The van der Waals surface area contributed by atoms with E-state index in [9.17, 15) is 23.6 Å². The normalized spacial score (nSPS) is 24.2. The third-order valence-corrected chi connectivity index (χ3v) is 7.88. The molecule has 2 heterocycles. The summed E-state index contributed by atoms with van der Waals surface area (Å²) in [5, 5.41) is 5.18. The highest BCUT2D eigenvalue weighted by atomic mass is 19.1. The van der Waals surface area contributed by atoms with Crippen molar-refractivity contribution in [3.8, 4) is 0 Å². The second-order valence-corrected chi connectivity index (χ2v) is 10.4. The number of fused-ring (bicyclic) bond motifs is 2. The minimum atomic E-state index is -1.48. The molecule has 0 saturated carbocycles. The van der Waals surface area contributed by atoms with Crippen molar-refractivity contribution < 1.29 is 28.3 Å². The zero-order chi connectivity index (χ0) is 27.2. The molecule has 0 aromatic heterocycles. The lowest BCUT2D eigenvalue weighted by molar-refractivity contribution is -0.143. The zero-order valence-electron chi connectivity index (χ0n) is 21.6. The number of ether oxygens (including phenoxy) is 1. The Balaban J connectivity index is 1.38. The van der Waals surface area contributed by atoms with Crippen LogP contribution in [0, 0.1) is 11.7 Å². The third kappa shape index (κ3) is 4.27. The van der Waals surface area contributed by atoms with Crippen molar-refractivity contribution in [3.05, 3.63) is 65.0 Å². The predicted octanol–water partition coefficient (Wildman–Crippen LogP) is 4.09. The molecule has 0 bridgehead atoms. The smallest absolute Gasteiger partial charge is 0.418 e. The highest BCUT2D eigenvalue weighted by Gasteiger charge is 2.58. The first-order valence-corrected chi connectivity index (χ1v) is 12.9. The predicted molar refractivity (Wildman–Crippen MR) is 137 cm³/mol. The summed E-state index contributed by atoms with van der Waals surface area (Å²) < 4.78 is 19.2. The summed E-state index contributed by atoms with van der Waals surface area (Å²) in [6.45, 7) is 3.64. The molecule has 1 aliphatic carbocycles. The molecular weight excluding hydrogens is 491 g/mol. The van der Waals surface area contributed by atoms with Crippen LogP contribution in [0.1, 0.15) is 55.8 Å². The molecule has 3 aliphatic rings. The molecule has 38 heavy (non-hydrogen) atoms. The Labute approximate surface area is 220 Å². The van der Waals surface area contributed by atoms with Gasteiger partial charge in [0.15, 0.2) is 0 Å². The molecule has 5 rings (SSSR count). The number of imide groups is 1. The molecule has 5 amide bonds. The molecule has 3 atom stereocenters. The van der Waals surface area contributed by atoms with Crippen LogP contribution in [0.25, 0.3) is 0 Å². The van der Waals surface area contributed by atoms with Crippen LogP contribution in [0.4, 0.5) is 19.7 Å². The summed E-state index contributed by atoms with van der Waals surface area (Å²) in [5.74, 6) is -1.09. The fraction of sp³-hybridized carbons (Fsp3) is 0.429. The number of carbonyl (C=O) groups excluding carboxylic acids is 4. The Kier molecular flexibility index (Phi) is 6.58. The SMILES string of the molecule is CNC(=O)Nc1ccc2c(c1)CC[C@@]21OC(=O)N(CC(=O)N2[C@@H](c3ccc(F)cc3)CC[C@@H]2C(C)C)C1=O. The average molecular weight is 523 g/mol. The van der Waals surface area contributed by atoms with Crippen molar-refractivity contribution in [1.82, 2.24) is 15.1 Å². The topological polar surface area (TPSA) is 108 Å². The first-order valence-electron chi connectivity index (χ1n) is 12.9. The molecule has 2 aromatic rings. The van der Waals surface area contributed by atoms with Gasteiger partial charge in [-0.2, -0.15) is 0 Å². The molecule has 2 fully saturated rings. The number of urea groups is 1. The van der Waals surface area contributed by atoms with Crippen LogP contribution in [-0.4, -0.2) is 53.4 Å². The van der Waals surface area contributed by atoms with Gasteiger partial charge in [0.05, 0.1) is 6.04 Å². The first-order chi connectivity index (χ1) is 18.1. The van der Waals surface area contributed by atoms with E-state index in [1.807, 2.05) is 13.8 Å². The van der Waals surface area contributed by atoms with Crippen LogP contribution >= 0.6 is 0 Å². The van der Waals surface area contributed by atoms with E-state index in [2.05, 4.69) is 10.6 Å². The lowest BCUT2D eigenvalue weighted by Crippen LogP contribution is -2.47. The van der Waals surface area contributed by atoms with E-state index >= 15 is 0 Å². The number of likely N-dealkylation sites (tertiary alicyclic amines) is 1. The number of carbonyl (C=O) groups is 4. The van der Waals surface area contributed by atoms with Gasteiger partial charge < -0.3 is 20.3 Å². The summed E-state index contributed by atoms with van der Waals surface area (Å²) in [6.07, 6.45) is 1.38. The molecule has 2 saturated heterocycles. The van der Waals surface area contributed by atoms with E-state index in [0.717, 1.165) is 22.4 Å². The van der Waals surface area contributed by atoms with Crippen LogP contribution in [0.2, 0.25) is 0 Å². The standard InChI is InChI=1S/C28H31FN4O5/c1-16(2)22-10-11-23(17-4-6-19(29)7-5-17)33(22)24(34)15-32-25(35)28(38-27(32)37)13-12-18-14-20(8-9-21(18)28)31-26(36)30-3/h4-9,14,16,22-23H,10-13,15H2,1-3H3,(H2,30,31,36)/t22-,23-,28-/m1/s1. The Hall–Kier alpha value is -3.95. The fourth-order valence-corrected chi connectivity index (χ4v) is 6.00. The van der Waals surface area contributed by atoms with Crippen molar-refractivity contribution in [2.75, 3.05) is 18.9 Å². The lowest BCUT2D eigenvalue weighted by atomic mass is 9.94. The van der Waals surface area contributed by atoms with E-state index in [1.54, 1.807) is 35.2 Å².